The van der Waals surface area contributed by atoms with E-state index in [0.717, 1.165) is 17.5 Å². The van der Waals surface area contributed by atoms with Crippen molar-refractivity contribution < 1.29 is 19.4 Å². The highest BCUT2D eigenvalue weighted by atomic mass is 16.5. The number of benzene rings is 3. The van der Waals surface area contributed by atoms with Crippen molar-refractivity contribution in [3.63, 3.8) is 0 Å². The first-order chi connectivity index (χ1) is 15.1. The van der Waals surface area contributed by atoms with E-state index in [1.54, 1.807) is 37.4 Å². The molecule has 0 heterocycles. The van der Waals surface area contributed by atoms with E-state index >= 15 is 0 Å². The quantitative estimate of drug-likeness (QED) is 0.543. The van der Waals surface area contributed by atoms with E-state index in [9.17, 15) is 9.90 Å². The number of methoxy groups -OCH3 is 1. The highest BCUT2D eigenvalue weighted by molar-refractivity contribution is 5.98. The summed E-state index contributed by atoms with van der Waals surface area (Å²) in [4.78, 5) is 12.6. The number of carbonyl (C=O) groups excluding carboxylic acids is 1. The Morgan fingerprint density at radius 1 is 1.00 bits per heavy atom. The van der Waals surface area contributed by atoms with E-state index in [1.807, 2.05) is 49.4 Å². The minimum absolute atomic E-state index is 0.285. The second kappa shape index (κ2) is 10.9. The van der Waals surface area contributed by atoms with Crippen molar-refractivity contribution in [2.45, 2.75) is 19.4 Å². The van der Waals surface area contributed by atoms with Gasteiger partial charge in [0, 0.05) is 17.7 Å². The third-order valence-electron chi connectivity index (χ3n) is 4.62. The fourth-order valence-electron chi connectivity index (χ4n) is 3.08. The van der Waals surface area contributed by atoms with Crippen LogP contribution >= 0.6 is 0 Å². The monoisotopic (exact) mass is 415 g/mol. The molecule has 0 spiro atoms. The number of carbonyl (C=O) groups is 1. The average Bonchev–Trinajstić information content (AvgIpc) is 2.82. The van der Waals surface area contributed by atoms with Crippen molar-refractivity contribution in [1.82, 2.24) is 0 Å². The van der Waals surface area contributed by atoms with Crippen LogP contribution in [0.3, 0.4) is 0 Å². The molecule has 1 atom stereocenters. The van der Waals surface area contributed by atoms with E-state index in [0.29, 0.717) is 22.7 Å². The Labute approximate surface area is 182 Å². The summed E-state index contributed by atoms with van der Waals surface area (Å²) in [6, 6.07) is 21.8. The second-order valence-electron chi connectivity index (χ2n) is 6.71. The van der Waals surface area contributed by atoms with E-state index in [2.05, 4.69) is 17.2 Å². The number of hydrogen-bond donors (Lipinski definition) is 2. The first kappa shape index (κ1) is 21.9. The molecule has 158 valence electrons. The van der Waals surface area contributed by atoms with Gasteiger partial charge in [-0.15, -0.1) is 5.92 Å². The van der Waals surface area contributed by atoms with Gasteiger partial charge in [0.1, 0.15) is 6.61 Å². The molecule has 0 aromatic heterocycles. The van der Waals surface area contributed by atoms with Crippen LogP contribution in [0.2, 0.25) is 0 Å². The lowest BCUT2D eigenvalue weighted by Crippen LogP contribution is -2.21. The fourth-order valence-corrected chi connectivity index (χ4v) is 3.08. The van der Waals surface area contributed by atoms with Crippen LogP contribution in [0.4, 0.5) is 5.69 Å². The lowest BCUT2D eigenvalue weighted by atomic mass is 10.0. The second-order valence-corrected chi connectivity index (χ2v) is 6.71. The van der Waals surface area contributed by atoms with Crippen molar-refractivity contribution in [3.05, 3.63) is 78.4 Å². The van der Waals surface area contributed by atoms with Gasteiger partial charge in [0.2, 0.25) is 0 Å². The van der Waals surface area contributed by atoms with Gasteiger partial charge in [-0.2, -0.15) is 0 Å². The Kier molecular flexibility index (Phi) is 7.69. The van der Waals surface area contributed by atoms with Crippen LogP contribution in [0.5, 0.6) is 11.5 Å². The molecule has 0 saturated carbocycles. The maximum absolute atomic E-state index is 12.6. The topological polar surface area (TPSA) is 67.8 Å². The minimum Gasteiger partial charge on any atom is -0.493 e. The minimum atomic E-state index is -1.26. The summed E-state index contributed by atoms with van der Waals surface area (Å²) >= 11 is 0. The van der Waals surface area contributed by atoms with E-state index < -0.39 is 12.0 Å². The maximum atomic E-state index is 12.6. The maximum Gasteiger partial charge on any atom is 0.257 e. The van der Waals surface area contributed by atoms with Crippen molar-refractivity contribution in [2.24, 2.45) is 0 Å². The summed E-state index contributed by atoms with van der Waals surface area (Å²) < 4.78 is 11.2. The molecule has 3 aromatic carbocycles. The Bertz CT molecular complexity index is 1080. The Morgan fingerprint density at radius 2 is 1.74 bits per heavy atom. The Morgan fingerprint density at radius 3 is 2.48 bits per heavy atom. The van der Waals surface area contributed by atoms with Gasteiger partial charge in [-0.1, -0.05) is 67.4 Å². The van der Waals surface area contributed by atoms with Gasteiger partial charge in [0.25, 0.3) is 5.91 Å². The summed E-state index contributed by atoms with van der Waals surface area (Å²) in [6.45, 7) is 2.27. The van der Waals surface area contributed by atoms with Crippen LogP contribution in [0.25, 0.3) is 11.1 Å². The number of rotatable bonds is 7. The average molecular weight is 415 g/mol. The van der Waals surface area contributed by atoms with Gasteiger partial charge in [-0.25, -0.2) is 0 Å². The SMILES string of the molecule is CCC#CCOc1ccc(-c2ccccc2NC(=O)C(O)c2ccccc2)cc1OC. The van der Waals surface area contributed by atoms with Crippen molar-refractivity contribution in [1.29, 1.82) is 0 Å². The molecule has 0 aliphatic heterocycles. The molecule has 2 N–H and O–H groups in total. The zero-order valence-electron chi connectivity index (χ0n) is 17.6. The number of ether oxygens (including phenoxy) is 2. The van der Waals surface area contributed by atoms with Crippen LogP contribution < -0.4 is 14.8 Å². The lowest BCUT2D eigenvalue weighted by molar-refractivity contribution is -0.124. The first-order valence-corrected chi connectivity index (χ1v) is 10.0. The lowest BCUT2D eigenvalue weighted by Gasteiger charge is -2.16. The number of anilines is 1. The molecule has 5 heteroatoms. The molecule has 0 fully saturated rings. The molecule has 3 rings (SSSR count). The summed E-state index contributed by atoms with van der Waals surface area (Å²) in [5.41, 5.74) is 2.76. The molecular formula is C26H25NO4. The Hall–Kier alpha value is -3.75. The van der Waals surface area contributed by atoms with Gasteiger partial charge in [0.05, 0.1) is 7.11 Å². The smallest absolute Gasteiger partial charge is 0.257 e. The van der Waals surface area contributed by atoms with E-state index in [-0.39, 0.29) is 6.61 Å². The summed E-state index contributed by atoms with van der Waals surface area (Å²) in [6.07, 6.45) is -0.482. The van der Waals surface area contributed by atoms with Crippen molar-refractivity contribution in [2.75, 3.05) is 19.0 Å². The van der Waals surface area contributed by atoms with E-state index in [1.165, 1.54) is 0 Å². The largest absolute Gasteiger partial charge is 0.493 e. The van der Waals surface area contributed by atoms with Crippen LogP contribution in [0.15, 0.2) is 72.8 Å². The Balaban J connectivity index is 1.83. The molecule has 1 amide bonds. The molecule has 0 saturated heterocycles. The highest BCUT2D eigenvalue weighted by Crippen LogP contribution is 2.35. The number of aliphatic hydroxyl groups excluding tert-OH is 1. The van der Waals surface area contributed by atoms with Gasteiger partial charge in [-0.05, 0) is 29.3 Å². The first-order valence-electron chi connectivity index (χ1n) is 10.0. The molecule has 0 aliphatic rings. The predicted molar refractivity (Wildman–Crippen MR) is 122 cm³/mol. The predicted octanol–water partition coefficient (Wildman–Crippen LogP) is 4.83. The van der Waals surface area contributed by atoms with Crippen LogP contribution in [-0.2, 0) is 4.79 Å². The van der Waals surface area contributed by atoms with E-state index in [4.69, 9.17) is 9.47 Å². The van der Waals surface area contributed by atoms with Gasteiger partial charge in [0.15, 0.2) is 17.6 Å². The number of nitrogens with one attached hydrogen (secondary N) is 1. The van der Waals surface area contributed by atoms with Gasteiger partial charge >= 0.3 is 0 Å². The summed E-state index contributed by atoms with van der Waals surface area (Å²) in [7, 11) is 1.58. The van der Waals surface area contributed by atoms with Crippen LogP contribution in [-0.4, -0.2) is 24.7 Å². The zero-order chi connectivity index (χ0) is 22.1. The number of aliphatic hydroxyl groups is 1. The molecule has 3 aromatic rings. The molecule has 1 unspecified atom stereocenters. The summed E-state index contributed by atoms with van der Waals surface area (Å²) in [5.74, 6) is 6.57. The normalized spacial score (nSPS) is 11.1. The molecular weight excluding hydrogens is 390 g/mol. The van der Waals surface area contributed by atoms with Crippen LogP contribution in [0.1, 0.15) is 25.0 Å². The molecule has 0 aliphatic carbocycles. The zero-order valence-corrected chi connectivity index (χ0v) is 17.6. The highest BCUT2D eigenvalue weighted by Gasteiger charge is 2.19. The molecule has 31 heavy (non-hydrogen) atoms. The van der Waals surface area contributed by atoms with Crippen LogP contribution in [0, 0.1) is 11.8 Å². The van der Waals surface area contributed by atoms with Crippen molar-refractivity contribution in [3.8, 4) is 34.5 Å². The molecule has 5 nitrogen and oxygen atoms in total. The number of hydrogen-bond acceptors (Lipinski definition) is 4. The molecule has 0 radical (unpaired) electrons. The summed E-state index contributed by atoms with van der Waals surface area (Å²) in [5, 5.41) is 13.2. The third kappa shape index (κ3) is 5.65. The van der Waals surface area contributed by atoms with Gasteiger partial charge < -0.3 is 19.9 Å². The fraction of sp³-hybridized carbons (Fsp3) is 0.192. The number of para-hydroxylation sites is 1. The van der Waals surface area contributed by atoms with Gasteiger partial charge in [-0.3, -0.25) is 4.79 Å². The standard InChI is InChI=1S/C26H25NO4/c1-3-4-10-17-31-23-16-15-20(18-24(23)30-2)21-13-8-9-14-22(21)27-26(29)25(28)19-11-6-5-7-12-19/h5-9,11-16,18,25,28H,3,17H2,1-2H3,(H,27,29). The molecule has 0 bridgehead atoms. The number of amides is 1. The van der Waals surface area contributed by atoms with Crippen molar-refractivity contribution >= 4 is 11.6 Å². The third-order valence-corrected chi connectivity index (χ3v) is 4.62.